The molecule has 0 aliphatic heterocycles. The summed E-state index contributed by atoms with van der Waals surface area (Å²) in [5.41, 5.74) is -0.413. The Kier molecular flexibility index (Phi) is 1.50. The van der Waals surface area contributed by atoms with Crippen LogP contribution in [0.1, 0.15) is 32.1 Å². The van der Waals surface area contributed by atoms with E-state index in [1.165, 1.54) is 0 Å². The lowest BCUT2D eigenvalue weighted by atomic mass is 9.83. The summed E-state index contributed by atoms with van der Waals surface area (Å²) in [6.45, 7) is 0. The van der Waals surface area contributed by atoms with Gasteiger partial charge in [-0.3, -0.25) is 9.59 Å². The third kappa shape index (κ3) is 0.886. The van der Waals surface area contributed by atoms with E-state index < -0.39 is 11.4 Å². The molecule has 3 heteroatoms. The molecule has 0 heterocycles. The predicted molar refractivity (Wildman–Crippen MR) is 41.7 cm³/mol. The molecule has 2 aliphatic rings. The van der Waals surface area contributed by atoms with Crippen molar-refractivity contribution in [2.75, 3.05) is 0 Å². The number of hydrogen-bond donors (Lipinski definition) is 1. The van der Waals surface area contributed by atoms with E-state index >= 15 is 0 Å². The summed E-state index contributed by atoms with van der Waals surface area (Å²) in [4.78, 5) is 22.1. The SMILES string of the molecule is O=C(O)C1CC12CCCCC2=O. The first-order valence-electron chi connectivity index (χ1n) is 4.43. The molecule has 2 aliphatic carbocycles. The van der Waals surface area contributed by atoms with E-state index in [2.05, 4.69) is 0 Å². The van der Waals surface area contributed by atoms with Crippen molar-refractivity contribution >= 4 is 11.8 Å². The molecule has 1 N–H and O–H groups in total. The molecule has 12 heavy (non-hydrogen) atoms. The number of carbonyl (C=O) groups is 2. The topological polar surface area (TPSA) is 54.4 Å². The third-order valence-corrected chi connectivity index (χ3v) is 3.21. The first-order valence-corrected chi connectivity index (χ1v) is 4.43. The monoisotopic (exact) mass is 168 g/mol. The van der Waals surface area contributed by atoms with Gasteiger partial charge in [-0.15, -0.1) is 0 Å². The molecule has 2 unspecified atom stereocenters. The summed E-state index contributed by atoms with van der Waals surface area (Å²) in [6, 6.07) is 0. The highest BCUT2D eigenvalue weighted by Gasteiger charge is 2.63. The highest BCUT2D eigenvalue weighted by molar-refractivity contribution is 5.95. The fourth-order valence-electron chi connectivity index (χ4n) is 2.33. The molecule has 0 aromatic rings. The highest BCUT2D eigenvalue weighted by Crippen LogP contribution is 2.59. The summed E-state index contributed by atoms with van der Waals surface area (Å²) in [7, 11) is 0. The fraction of sp³-hybridized carbons (Fsp3) is 0.778. The maximum Gasteiger partial charge on any atom is 0.307 e. The van der Waals surface area contributed by atoms with E-state index in [-0.39, 0.29) is 11.7 Å². The van der Waals surface area contributed by atoms with Gasteiger partial charge in [-0.05, 0) is 19.3 Å². The minimum Gasteiger partial charge on any atom is -0.481 e. The van der Waals surface area contributed by atoms with Crippen molar-refractivity contribution in [1.29, 1.82) is 0 Å². The molecular weight excluding hydrogens is 156 g/mol. The first kappa shape index (κ1) is 7.77. The lowest BCUT2D eigenvalue weighted by molar-refractivity contribution is -0.142. The van der Waals surface area contributed by atoms with Crippen LogP contribution >= 0.6 is 0 Å². The van der Waals surface area contributed by atoms with Crippen molar-refractivity contribution in [2.45, 2.75) is 32.1 Å². The molecule has 2 atom stereocenters. The number of hydrogen-bond acceptors (Lipinski definition) is 2. The van der Waals surface area contributed by atoms with Crippen LogP contribution < -0.4 is 0 Å². The maximum absolute atomic E-state index is 11.4. The Labute approximate surface area is 70.8 Å². The van der Waals surface area contributed by atoms with Gasteiger partial charge < -0.3 is 5.11 Å². The molecule has 2 saturated carbocycles. The van der Waals surface area contributed by atoms with Crippen molar-refractivity contribution < 1.29 is 14.7 Å². The second-order valence-corrected chi connectivity index (χ2v) is 3.88. The first-order chi connectivity index (χ1) is 5.67. The third-order valence-electron chi connectivity index (χ3n) is 3.21. The lowest BCUT2D eigenvalue weighted by Gasteiger charge is -2.19. The zero-order valence-electron chi connectivity index (χ0n) is 6.88. The van der Waals surface area contributed by atoms with Crippen molar-refractivity contribution in [3.63, 3.8) is 0 Å². The van der Waals surface area contributed by atoms with Gasteiger partial charge in [-0.2, -0.15) is 0 Å². The second kappa shape index (κ2) is 2.31. The predicted octanol–water partition coefficient (Wildman–Crippen LogP) is 1.22. The van der Waals surface area contributed by atoms with Gasteiger partial charge in [0.25, 0.3) is 0 Å². The highest BCUT2D eigenvalue weighted by atomic mass is 16.4. The number of aliphatic carboxylic acids is 1. The summed E-state index contributed by atoms with van der Waals surface area (Å²) in [6.07, 6.45) is 3.98. The number of rotatable bonds is 1. The molecule has 0 amide bonds. The molecule has 2 rings (SSSR count). The average Bonchev–Trinajstić information content (AvgIpc) is 2.72. The molecule has 0 aromatic carbocycles. The van der Waals surface area contributed by atoms with E-state index in [9.17, 15) is 9.59 Å². The van der Waals surface area contributed by atoms with Crippen LogP contribution in [0, 0.1) is 11.3 Å². The Balaban J connectivity index is 2.13. The van der Waals surface area contributed by atoms with Crippen molar-refractivity contribution in [1.82, 2.24) is 0 Å². The Morgan fingerprint density at radius 1 is 1.50 bits per heavy atom. The van der Waals surface area contributed by atoms with E-state index in [1.54, 1.807) is 0 Å². The molecule has 3 nitrogen and oxygen atoms in total. The van der Waals surface area contributed by atoms with Gasteiger partial charge in [0.1, 0.15) is 5.78 Å². The maximum atomic E-state index is 11.4. The zero-order valence-corrected chi connectivity index (χ0v) is 6.88. The van der Waals surface area contributed by atoms with E-state index in [0.29, 0.717) is 12.8 Å². The zero-order chi connectivity index (χ0) is 8.77. The minimum atomic E-state index is -0.787. The van der Waals surface area contributed by atoms with Gasteiger partial charge in [0, 0.05) is 11.8 Å². The Hall–Kier alpha value is -0.860. The van der Waals surface area contributed by atoms with Crippen LogP contribution in [-0.2, 0) is 9.59 Å². The van der Waals surface area contributed by atoms with E-state index in [1.807, 2.05) is 0 Å². The van der Waals surface area contributed by atoms with Crippen LogP contribution in [0.3, 0.4) is 0 Å². The van der Waals surface area contributed by atoms with Crippen molar-refractivity contribution in [3.8, 4) is 0 Å². The quantitative estimate of drug-likeness (QED) is 0.640. The summed E-state index contributed by atoms with van der Waals surface area (Å²) >= 11 is 0. The molecule has 0 bridgehead atoms. The van der Waals surface area contributed by atoms with Crippen LogP contribution in [0.15, 0.2) is 0 Å². The van der Waals surface area contributed by atoms with Gasteiger partial charge >= 0.3 is 5.97 Å². The fourth-order valence-corrected chi connectivity index (χ4v) is 2.33. The number of Topliss-reactive ketones (excluding diaryl/α,β-unsaturated/α-hetero) is 1. The number of ketones is 1. The Bertz CT molecular complexity index is 246. The molecule has 0 aromatic heterocycles. The summed E-state index contributed by atoms with van der Waals surface area (Å²) < 4.78 is 0. The van der Waals surface area contributed by atoms with Crippen molar-refractivity contribution in [3.05, 3.63) is 0 Å². The minimum absolute atomic E-state index is 0.196. The number of carbonyl (C=O) groups excluding carboxylic acids is 1. The summed E-state index contributed by atoms with van der Waals surface area (Å²) in [5.74, 6) is -0.947. The van der Waals surface area contributed by atoms with Crippen LogP contribution in [0.25, 0.3) is 0 Å². The Morgan fingerprint density at radius 3 is 2.75 bits per heavy atom. The molecular formula is C9H12O3. The van der Waals surface area contributed by atoms with Crippen LogP contribution in [-0.4, -0.2) is 16.9 Å². The van der Waals surface area contributed by atoms with E-state index in [0.717, 1.165) is 19.3 Å². The van der Waals surface area contributed by atoms with Crippen LogP contribution in [0.4, 0.5) is 0 Å². The van der Waals surface area contributed by atoms with E-state index in [4.69, 9.17) is 5.11 Å². The van der Waals surface area contributed by atoms with Gasteiger partial charge in [-0.25, -0.2) is 0 Å². The van der Waals surface area contributed by atoms with Crippen molar-refractivity contribution in [2.24, 2.45) is 11.3 Å². The number of carboxylic acids is 1. The van der Waals surface area contributed by atoms with Gasteiger partial charge in [0.15, 0.2) is 0 Å². The standard InChI is InChI=1S/C9H12O3/c10-7-3-1-2-4-9(7)5-6(9)8(11)12/h6H,1-5H2,(H,11,12). The van der Waals surface area contributed by atoms with Crippen LogP contribution in [0.5, 0.6) is 0 Å². The van der Waals surface area contributed by atoms with Crippen LogP contribution in [0.2, 0.25) is 0 Å². The molecule has 1 spiro atoms. The number of carboxylic acid groups (broad SMARTS) is 1. The van der Waals surface area contributed by atoms with Gasteiger partial charge in [0.05, 0.1) is 5.92 Å². The smallest absolute Gasteiger partial charge is 0.307 e. The Morgan fingerprint density at radius 2 is 2.25 bits per heavy atom. The molecule has 0 saturated heterocycles. The average molecular weight is 168 g/mol. The second-order valence-electron chi connectivity index (χ2n) is 3.88. The van der Waals surface area contributed by atoms with Gasteiger partial charge in [-0.1, -0.05) is 6.42 Å². The molecule has 2 fully saturated rings. The van der Waals surface area contributed by atoms with Gasteiger partial charge in [0.2, 0.25) is 0 Å². The molecule has 66 valence electrons. The largest absolute Gasteiger partial charge is 0.481 e. The summed E-state index contributed by atoms with van der Waals surface area (Å²) in [5, 5.41) is 8.74. The molecule has 0 radical (unpaired) electrons. The normalized spacial score (nSPS) is 40.0. The lowest BCUT2D eigenvalue weighted by Crippen LogP contribution is -2.24.